The predicted molar refractivity (Wildman–Crippen MR) is 90.5 cm³/mol. The third kappa shape index (κ3) is 3.38. The highest BCUT2D eigenvalue weighted by Crippen LogP contribution is 2.28. The summed E-state index contributed by atoms with van der Waals surface area (Å²) in [6.45, 7) is 2.01. The van der Waals surface area contributed by atoms with E-state index >= 15 is 0 Å². The molecule has 0 aromatic heterocycles. The fourth-order valence-corrected chi connectivity index (χ4v) is 2.72. The summed E-state index contributed by atoms with van der Waals surface area (Å²) in [6.07, 6.45) is 1.87. The number of aryl methyl sites for hydroxylation is 1. The van der Waals surface area contributed by atoms with E-state index in [0.717, 1.165) is 33.5 Å². The lowest BCUT2D eigenvalue weighted by molar-refractivity contribution is 0.265. The summed E-state index contributed by atoms with van der Waals surface area (Å²) in [5.74, 6) is 0.760. The molecule has 1 aliphatic rings. The maximum absolute atomic E-state index is 11.6. The molecule has 0 unspecified atom stereocenters. The van der Waals surface area contributed by atoms with Crippen LogP contribution in [0.3, 0.4) is 0 Å². The molecule has 5 heteroatoms. The number of carbonyl (C=O) groups excluding carboxylic acids is 1. The van der Waals surface area contributed by atoms with Gasteiger partial charge in [0.2, 0.25) is 0 Å². The van der Waals surface area contributed by atoms with Crippen LogP contribution in [0.1, 0.15) is 11.1 Å². The monoisotopic (exact) mass is 310 g/mol. The van der Waals surface area contributed by atoms with Crippen molar-refractivity contribution < 1.29 is 9.90 Å². The van der Waals surface area contributed by atoms with Gasteiger partial charge in [0, 0.05) is 0 Å². The second-order valence-electron chi connectivity index (χ2n) is 4.91. The molecule has 1 aliphatic heterocycles. The molecule has 0 spiro atoms. The van der Waals surface area contributed by atoms with Crippen LogP contribution >= 0.6 is 11.8 Å². The number of carbonyl (C=O) groups is 1. The minimum absolute atomic E-state index is 0.143. The summed E-state index contributed by atoms with van der Waals surface area (Å²) in [4.78, 5) is 16.9. The molecule has 0 bridgehead atoms. The summed E-state index contributed by atoms with van der Waals surface area (Å²) < 4.78 is 0. The molecule has 0 aliphatic carbocycles. The number of amides is 1. The lowest BCUT2D eigenvalue weighted by atomic mass is 10.2. The van der Waals surface area contributed by atoms with Crippen LogP contribution in [0.4, 0.5) is 10.5 Å². The molecule has 4 nitrogen and oxygen atoms in total. The maximum Gasteiger partial charge on any atom is 0.289 e. The maximum atomic E-state index is 11.6. The molecule has 0 atom stereocenters. The van der Waals surface area contributed by atoms with Crippen LogP contribution in [0, 0.1) is 6.92 Å². The number of rotatable bonds is 2. The molecule has 0 radical (unpaired) electrons. The fourth-order valence-electron chi connectivity index (χ4n) is 1.98. The van der Waals surface area contributed by atoms with Gasteiger partial charge in [0.15, 0.2) is 0 Å². The SMILES string of the molecule is Cc1ccc(N=C2NC(=O)S/C2=C/c2ccc(O)cc2)cc1. The van der Waals surface area contributed by atoms with E-state index in [2.05, 4.69) is 10.3 Å². The van der Waals surface area contributed by atoms with Crippen LogP contribution in [-0.2, 0) is 0 Å². The topological polar surface area (TPSA) is 61.7 Å². The summed E-state index contributed by atoms with van der Waals surface area (Å²) in [5.41, 5.74) is 2.85. The van der Waals surface area contributed by atoms with Crippen molar-refractivity contribution in [1.29, 1.82) is 0 Å². The number of phenols is 1. The molecule has 2 aromatic rings. The van der Waals surface area contributed by atoms with Crippen LogP contribution in [0.5, 0.6) is 5.75 Å². The van der Waals surface area contributed by atoms with E-state index in [9.17, 15) is 9.90 Å². The number of thioether (sulfide) groups is 1. The van der Waals surface area contributed by atoms with Gasteiger partial charge in [-0.15, -0.1) is 0 Å². The number of nitrogens with zero attached hydrogens (tertiary/aromatic N) is 1. The molecule has 1 fully saturated rings. The van der Waals surface area contributed by atoms with Crippen molar-refractivity contribution in [2.75, 3.05) is 0 Å². The summed E-state index contributed by atoms with van der Waals surface area (Å²) in [6, 6.07) is 14.6. The normalized spacial score (nSPS) is 18.0. The highest BCUT2D eigenvalue weighted by Gasteiger charge is 2.23. The first-order valence-electron chi connectivity index (χ1n) is 6.75. The van der Waals surface area contributed by atoms with Crippen LogP contribution in [0.15, 0.2) is 58.4 Å². The number of hydrogen-bond donors (Lipinski definition) is 2. The summed E-state index contributed by atoms with van der Waals surface area (Å²) >= 11 is 1.11. The number of amidine groups is 1. The molecule has 1 heterocycles. The van der Waals surface area contributed by atoms with E-state index in [-0.39, 0.29) is 11.0 Å². The average molecular weight is 310 g/mol. The van der Waals surface area contributed by atoms with E-state index in [1.807, 2.05) is 37.3 Å². The second kappa shape index (κ2) is 6.07. The Balaban J connectivity index is 1.93. The summed E-state index contributed by atoms with van der Waals surface area (Å²) in [7, 11) is 0. The van der Waals surface area contributed by atoms with Crippen LogP contribution in [0.25, 0.3) is 6.08 Å². The van der Waals surface area contributed by atoms with Crippen molar-refractivity contribution in [2.24, 2.45) is 4.99 Å². The zero-order valence-corrected chi connectivity index (χ0v) is 12.7. The van der Waals surface area contributed by atoms with Gasteiger partial charge in [-0.05, 0) is 54.6 Å². The van der Waals surface area contributed by atoms with Gasteiger partial charge in [-0.25, -0.2) is 4.99 Å². The molecule has 2 aromatic carbocycles. The van der Waals surface area contributed by atoms with Gasteiger partial charge < -0.3 is 10.4 Å². The Hall–Kier alpha value is -2.53. The minimum atomic E-state index is -0.143. The quantitative estimate of drug-likeness (QED) is 0.872. The summed E-state index contributed by atoms with van der Waals surface area (Å²) in [5, 5.41) is 11.9. The Labute approximate surface area is 132 Å². The van der Waals surface area contributed by atoms with Crippen LogP contribution in [-0.4, -0.2) is 16.2 Å². The standard InChI is InChI=1S/C17H14N2O2S/c1-11-2-6-13(7-3-11)18-16-15(22-17(21)19-16)10-12-4-8-14(20)9-5-12/h2-10,20H,1H3,(H,18,19,21)/b15-10+. The van der Waals surface area contributed by atoms with Gasteiger partial charge in [0.25, 0.3) is 5.24 Å². The first-order chi connectivity index (χ1) is 10.6. The van der Waals surface area contributed by atoms with Crippen LogP contribution < -0.4 is 5.32 Å². The van der Waals surface area contributed by atoms with Crippen LogP contribution in [0.2, 0.25) is 0 Å². The van der Waals surface area contributed by atoms with E-state index in [1.165, 1.54) is 0 Å². The molecular weight excluding hydrogens is 296 g/mol. The zero-order valence-electron chi connectivity index (χ0n) is 11.9. The molecule has 22 heavy (non-hydrogen) atoms. The molecule has 1 saturated heterocycles. The van der Waals surface area contributed by atoms with Gasteiger partial charge in [0.05, 0.1) is 10.6 Å². The van der Waals surface area contributed by atoms with E-state index in [1.54, 1.807) is 24.3 Å². The van der Waals surface area contributed by atoms with Gasteiger partial charge >= 0.3 is 0 Å². The van der Waals surface area contributed by atoms with Crippen molar-refractivity contribution in [3.63, 3.8) is 0 Å². The van der Waals surface area contributed by atoms with E-state index < -0.39 is 0 Å². The molecule has 1 amide bonds. The largest absolute Gasteiger partial charge is 0.508 e. The van der Waals surface area contributed by atoms with Crippen molar-refractivity contribution >= 4 is 34.6 Å². The molecule has 2 N–H and O–H groups in total. The van der Waals surface area contributed by atoms with Crippen molar-refractivity contribution in [2.45, 2.75) is 6.92 Å². The van der Waals surface area contributed by atoms with Gasteiger partial charge in [-0.1, -0.05) is 29.8 Å². The van der Waals surface area contributed by atoms with E-state index in [4.69, 9.17) is 0 Å². The number of benzene rings is 2. The zero-order chi connectivity index (χ0) is 15.5. The highest BCUT2D eigenvalue weighted by molar-refractivity contribution is 8.18. The van der Waals surface area contributed by atoms with Crippen molar-refractivity contribution in [3.8, 4) is 5.75 Å². The Morgan fingerprint density at radius 2 is 1.77 bits per heavy atom. The highest BCUT2D eigenvalue weighted by atomic mass is 32.2. The fraction of sp³-hybridized carbons (Fsp3) is 0.0588. The Kier molecular flexibility index (Phi) is 3.98. The number of nitrogens with one attached hydrogen (secondary N) is 1. The molecular formula is C17H14N2O2S. The first kappa shape index (κ1) is 14.4. The third-order valence-corrected chi connectivity index (χ3v) is 3.94. The van der Waals surface area contributed by atoms with Gasteiger partial charge in [-0.2, -0.15) is 0 Å². The lowest BCUT2D eigenvalue weighted by Gasteiger charge is -2.01. The smallest absolute Gasteiger partial charge is 0.289 e. The lowest BCUT2D eigenvalue weighted by Crippen LogP contribution is -2.18. The molecule has 3 rings (SSSR count). The Bertz CT molecular complexity index is 697. The number of aliphatic imine (C=N–C) groups is 1. The Morgan fingerprint density at radius 1 is 1.09 bits per heavy atom. The van der Waals surface area contributed by atoms with Gasteiger partial charge in [0.1, 0.15) is 11.6 Å². The van der Waals surface area contributed by atoms with Crippen molar-refractivity contribution in [3.05, 3.63) is 64.6 Å². The van der Waals surface area contributed by atoms with E-state index in [0.29, 0.717) is 5.84 Å². The second-order valence-corrected chi connectivity index (χ2v) is 5.93. The number of hydrogen-bond acceptors (Lipinski definition) is 4. The number of phenolic OH excluding ortho intramolecular Hbond substituents is 1. The predicted octanol–water partition coefficient (Wildman–Crippen LogP) is 4.23. The Morgan fingerprint density at radius 3 is 2.45 bits per heavy atom. The van der Waals surface area contributed by atoms with Crippen molar-refractivity contribution in [1.82, 2.24) is 5.32 Å². The number of aromatic hydroxyl groups is 1. The molecule has 0 saturated carbocycles. The third-order valence-electron chi connectivity index (χ3n) is 3.12. The first-order valence-corrected chi connectivity index (χ1v) is 7.57. The van der Waals surface area contributed by atoms with Gasteiger partial charge in [-0.3, -0.25) is 4.79 Å². The average Bonchev–Trinajstić information content (AvgIpc) is 2.83. The minimum Gasteiger partial charge on any atom is -0.508 e. The molecule has 110 valence electrons.